The Bertz CT molecular complexity index is 478. The van der Waals surface area contributed by atoms with Gasteiger partial charge in [0.1, 0.15) is 5.82 Å². The van der Waals surface area contributed by atoms with Gasteiger partial charge < -0.3 is 15.0 Å². The summed E-state index contributed by atoms with van der Waals surface area (Å²) in [6.07, 6.45) is 1.55. The third-order valence-electron chi connectivity index (χ3n) is 3.45. The van der Waals surface area contributed by atoms with Crippen LogP contribution >= 0.6 is 15.9 Å². The molecule has 1 saturated heterocycles. The molecule has 1 aliphatic heterocycles. The van der Waals surface area contributed by atoms with Crippen molar-refractivity contribution in [2.24, 2.45) is 0 Å². The van der Waals surface area contributed by atoms with Crippen LogP contribution in [0.15, 0.2) is 22.7 Å². The van der Waals surface area contributed by atoms with Crippen molar-refractivity contribution in [3.8, 4) is 0 Å². The van der Waals surface area contributed by atoms with E-state index in [1.807, 2.05) is 0 Å². The van der Waals surface area contributed by atoms with Crippen molar-refractivity contribution in [1.29, 1.82) is 0 Å². The Hall–Kier alpha value is -1.14. The van der Waals surface area contributed by atoms with Crippen molar-refractivity contribution in [3.63, 3.8) is 0 Å². The Labute approximate surface area is 126 Å². The van der Waals surface area contributed by atoms with E-state index in [-0.39, 0.29) is 17.9 Å². The second-order valence-corrected chi connectivity index (χ2v) is 5.71. The third-order valence-corrected chi connectivity index (χ3v) is 4.06. The van der Waals surface area contributed by atoms with Gasteiger partial charge in [0.25, 0.3) is 0 Å². The summed E-state index contributed by atoms with van der Waals surface area (Å²) in [7, 11) is 1.78. The van der Waals surface area contributed by atoms with Gasteiger partial charge in [-0.3, -0.25) is 0 Å². The summed E-state index contributed by atoms with van der Waals surface area (Å²) in [5, 5.41) is 2.86. The van der Waals surface area contributed by atoms with E-state index in [2.05, 4.69) is 21.2 Å². The first-order valence-electron chi connectivity index (χ1n) is 6.60. The van der Waals surface area contributed by atoms with E-state index in [4.69, 9.17) is 4.74 Å². The zero-order valence-corrected chi connectivity index (χ0v) is 13.0. The number of rotatable bonds is 4. The number of carbonyl (C=O) groups is 1. The molecular weight excluding hydrogens is 327 g/mol. The predicted molar refractivity (Wildman–Crippen MR) is 78.2 cm³/mol. The Kier molecular flexibility index (Phi) is 5.37. The lowest BCUT2D eigenvalue weighted by molar-refractivity contribution is 0.158. The van der Waals surface area contributed by atoms with Crippen molar-refractivity contribution in [1.82, 2.24) is 10.2 Å². The number of carbonyl (C=O) groups excluding carboxylic acids is 1. The smallest absolute Gasteiger partial charge is 0.317 e. The molecule has 1 fully saturated rings. The van der Waals surface area contributed by atoms with Gasteiger partial charge in [0.15, 0.2) is 0 Å². The molecule has 1 aliphatic rings. The van der Waals surface area contributed by atoms with E-state index in [0.29, 0.717) is 30.7 Å². The number of likely N-dealkylation sites (N-methyl/N-ethyl adjacent to an activating group) is 1. The Balaban J connectivity index is 1.77. The molecule has 0 spiro atoms. The molecule has 6 heteroatoms. The molecule has 0 saturated carbocycles. The highest BCUT2D eigenvalue weighted by atomic mass is 79.9. The fraction of sp³-hybridized carbons (Fsp3) is 0.500. The first kappa shape index (κ1) is 15.3. The molecule has 2 amide bonds. The van der Waals surface area contributed by atoms with E-state index in [1.54, 1.807) is 24.1 Å². The van der Waals surface area contributed by atoms with Gasteiger partial charge in [-0.2, -0.15) is 0 Å². The number of ether oxygens (including phenoxy) is 1. The van der Waals surface area contributed by atoms with Gasteiger partial charge in [-0.05, 0) is 46.5 Å². The fourth-order valence-corrected chi connectivity index (χ4v) is 2.55. The lowest BCUT2D eigenvalue weighted by Gasteiger charge is -2.23. The summed E-state index contributed by atoms with van der Waals surface area (Å²) in [6.45, 7) is 1.84. The quantitative estimate of drug-likeness (QED) is 0.911. The average Bonchev–Trinajstić information content (AvgIpc) is 2.96. The maximum absolute atomic E-state index is 13.1. The third kappa shape index (κ3) is 3.93. The minimum absolute atomic E-state index is 0.0957. The first-order chi connectivity index (χ1) is 9.58. The molecule has 2 rings (SSSR count). The van der Waals surface area contributed by atoms with Gasteiger partial charge in [-0.15, -0.1) is 0 Å². The molecule has 0 aromatic heterocycles. The topological polar surface area (TPSA) is 41.6 Å². The number of hydrogen-bond acceptors (Lipinski definition) is 2. The van der Waals surface area contributed by atoms with Crippen LogP contribution in [0.25, 0.3) is 0 Å². The molecular formula is C14H18BrFN2O2. The van der Waals surface area contributed by atoms with E-state index in [9.17, 15) is 9.18 Å². The molecule has 20 heavy (non-hydrogen) atoms. The van der Waals surface area contributed by atoms with Crippen LogP contribution in [0.2, 0.25) is 0 Å². The summed E-state index contributed by atoms with van der Waals surface area (Å²) in [5.41, 5.74) is 0.977. The van der Waals surface area contributed by atoms with Crippen molar-refractivity contribution in [2.45, 2.75) is 18.9 Å². The maximum Gasteiger partial charge on any atom is 0.317 e. The Morgan fingerprint density at radius 3 is 3.05 bits per heavy atom. The van der Waals surface area contributed by atoms with Gasteiger partial charge in [0.2, 0.25) is 0 Å². The summed E-state index contributed by atoms with van der Waals surface area (Å²) in [6, 6.07) is 4.94. The summed E-state index contributed by atoms with van der Waals surface area (Å²) in [4.78, 5) is 13.6. The average molecular weight is 345 g/mol. The second kappa shape index (κ2) is 7.04. The van der Waals surface area contributed by atoms with Gasteiger partial charge in [0, 0.05) is 20.2 Å². The molecule has 0 unspecified atom stereocenters. The molecule has 1 aromatic carbocycles. The zero-order chi connectivity index (χ0) is 14.5. The second-order valence-electron chi connectivity index (χ2n) is 4.86. The van der Waals surface area contributed by atoms with E-state index in [0.717, 1.165) is 12.0 Å². The number of benzene rings is 1. The van der Waals surface area contributed by atoms with Gasteiger partial charge >= 0.3 is 6.03 Å². The summed E-state index contributed by atoms with van der Waals surface area (Å²) in [5.74, 6) is -0.279. The summed E-state index contributed by atoms with van der Waals surface area (Å²) >= 11 is 3.15. The molecule has 0 bridgehead atoms. The normalized spacial score (nSPS) is 18.1. The van der Waals surface area contributed by atoms with Crippen molar-refractivity contribution >= 4 is 22.0 Å². The lowest BCUT2D eigenvalue weighted by Crippen LogP contribution is -2.44. The highest BCUT2D eigenvalue weighted by Crippen LogP contribution is 2.17. The zero-order valence-electron chi connectivity index (χ0n) is 11.4. The van der Waals surface area contributed by atoms with Gasteiger partial charge in [-0.1, -0.05) is 6.07 Å². The van der Waals surface area contributed by atoms with Gasteiger partial charge in [0.05, 0.1) is 17.1 Å². The van der Waals surface area contributed by atoms with E-state index in [1.165, 1.54) is 6.07 Å². The minimum atomic E-state index is -0.279. The van der Waals surface area contributed by atoms with Crippen LogP contribution in [-0.2, 0) is 11.2 Å². The molecule has 110 valence electrons. The molecule has 1 aromatic rings. The van der Waals surface area contributed by atoms with Crippen LogP contribution < -0.4 is 5.32 Å². The summed E-state index contributed by atoms with van der Waals surface area (Å²) < 4.78 is 18.8. The van der Waals surface area contributed by atoms with Crippen LogP contribution in [0.4, 0.5) is 9.18 Å². The van der Waals surface area contributed by atoms with Crippen LogP contribution in [-0.4, -0.2) is 43.8 Å². The lowest BCUT2D eigenvalue weighted by atomic mass is 10.1. The van der Waals surface area contributed by atoms with Crippen molar-refractivity contribution < 1.29 is 13.9 Å². The maximum atomic E-state index is 13.1. The van der Waals surface area contributed by atoms with Gasteiger partial charge in [-0.25, -0.2) is 9.18 Å². The standard InChI is InChI=1S/C14H18BrFN2O2/c1-18(11-5-7-20-9-11)14(19)17-6-4-10-2-3-13(16)12(15)8-10/h2-3,8,11H,4-7,9H2,1H3,(H,17,19)/t11-/m0/s1. The highest BCUT2D eigenvalue weighted by molar-refractivity contribution is 9.10. The van der Waals surface area contributed by atoms with E-state index < -0.39 is 0 Å². The Morgan fingerprint density at radius 1 is 1.60 bits per heavy atom. The molecule has 1 N–H and O–H groups in total. The predicted octanol–water partition coefficient (Wildman–Crippen LogP) is 2.56. The fourth-order valence-electron chi connectivity index (χ4n) is 2.13. The first-order valence-corrected chi connectivity index (χ1v) is 7.39. The van der Waals surface area contributed by atoms with Crippen LogP contribution in [0, 0.1) is 5.82 Å². The molecule has 0 radical (unpaired) electrons. The molecule has 1 heterocycles. The number of halogens is 2. The largest absolute Gasteiger partial charge is 0.379 e. The molecule has 1 atom stereocenters. The Morgan fingerprint density at radius 2 is 2.40 bits per heavy atom. The van der Waals surface area contributed by atoms with Crippen LogP contribution in [0.1, 0.15) is 12.0 Å². The van der Waals surface area contributed by atoms with E-state index >= 15 is 0 Å². The molecule has 0 aliphatic carbocycles. The highest BCUT2D eigenvalue weighted by Gasteiger charge is 2.23. The molecule has 4 nitrogen and oxygen atoms in total. The van der Waals surface area contributed by atoms with Crippen molar-refractivity contribution in [2.75, 3.05) is 26.8 Å². The van der Waals surface area contributed by atoms with Crippen molar-refractivity contribution in [3.05, 3.63) is 34.1 Å². The SMILES string of the molecule is CN(C(=O)NCCc1ccc(F)c(Br)c1)[C@H]1CCOC1. The number of nitrogens with one attached hydrogen (secondary N) is 1. The number of urea groups is 1. The number of nitrogens with zero attached hydrogens (tertiary/aromatic N) is 1. The number of hydrogen-bond donors (Lipinski definition) is 1. The van der Waals surface area contributed by atoms with Crippen LogP contribution in [0.5, 0.6) is 0 Å². The van der Waals surface area contributed by atoms with Crippen LogP contribution in [0.3, 0.4) is 0 Å². The monoisotopic (exact) mass is 344 g/mol. The number of amides is 2. The minimum Gasteiger partial charge on any atom is -0.379 e.